The molecule has 7 heteroatoms. The monoisotopic (exact) mass is 357 g/mol. The molecule has 1 aromatic carbocycles. The van der Waals surface area contributed by atoms with Gasteiger partial charge >= 0.3 is 0 Å². The van der Waals surface area contributed by atoms with Crippen LogP contribution in [0.4, 0.5) is 5.82 Å². The number of benzene rings is 1. The second kappa shape index (κ2) is 6.76. The molecular formula is C13H13BrClN3O2. The number of rotatable bonds is 5. The van der Waals surface area contributed by atoms with E-state index in [1.54, 1.807) is 14.2 Å². The first-order valence-corrected chi connectivity index (χ1v) is 6.93. The van der Waals surface area contributed by atoms with Crippen molar-refractivity contribution in [2.45, 2.75) is 6.54 Å². The predicted octanol–water partition coefficient (Wildman–Crippen LogP) is 3.52. The number of nitrogens with zero attached hydrogens (tertiary/aromatic N) is 2. The zero-order valence-corrected chi connectivity index (χ0v) is 13.3. The Bertz CT molecular complexity index is 610. The molecule has 0 amide bonds. The number of halogens is 2. The van der Waals surface area contributed by atoms with Gasteiger partial charge in [-0.1, -0.05) is 17.7 Å². The summed E-state index contributed by atoms with van der Waals surface area (Å²) in [5.41, 5.74) is 1.03. The Morgan fingerprint density at radius 2 is 1.95 bits per heavy atom. The molecule has 1 aromatic heterocycles. The lowest BCUT2D eigenvalue weighted by Crippen LogP contribution is -2.03. The van der Waals surface area contributed by atoms with E-state index in [1.165, 1.54) is 6.33 Å². The van der Waals surface area contributed by atoms with Gasteiger partial charge in [-0.25, -0.2) is 9.97 Å². The molecule has 0 atom stereocenters. The first-order valence-electron chi connectivity index (χ1n) is 5.76. The van der Waals surface area contributed by atoms with E-state index >= 15 is 0 Å². The molecule has 5 nitrogen and oxygen atoms in total. The quantitative estimate of drug-likeness (QED) is 0.829. The molecule has 0 aliphatic heterocycles. The Labute approximate surface area is 130 Å². The predicted molar refractivity (Wildman–Crippen MR) is 81.6 cm³/mol. The van der Waals surface area contributed by atoms with E-state index in [4.69, 9.17) is 21.1 Å². The van der Waals surface area contributed by atoms with Crippen LogP contribution < -0.4 is 14.8 Å². The molecule has 2 aromatic rings. The molecule has 1 heterocycles. The SMILES string of the molecule is COc1ccc(CNc2ncnc(Cl)c2Br)cc1OC. The summed E-state index contributed by atoms with van der Waals surface area (Å²) in [6.07, 6.45) is 1.41. The van der Waals surface area contributed by atoms with E-state index in [9.17, 15) is 0 Å². The Kier molecular flexibility index (Phi) is 5.03. The molecule has 2 rings (SSSR count). The number of ether oxygens (including phenoxy) is 2. The van der Waals surface area contributed by atoms with E-state index in [2.05, 4.69) is 31.2 Å². The van der Waals surface area contributed by atoms with Crippen LogP contribution in [0.2, 0.25) is 5.15 Å². The summed E-state index contributed by atoms with van der Waals surface area (Å²) in [5, 5.41) is 3.55. The molecule has 0 spiro atoms. The molecule has 106 valence electrons. The highest BCUT2D eigenvalue weighted by Gasteiger charge is 2.08. The summed E-state index contributed by atoms with van der Waals surface area (Å²) in [7, 11) is 3.21. The molecule has 20 heavy (non-hydrogen) atoms. The minimum atomic E-state index is 0.370. The summed E-state index contributed by atoms with van der Waals surface area (Å²) < 4.78 is 11.1. The molecule has 0 saturated heterocycles. The summed E-state index contributed by atoms with van der Waals surface area (Å²) in [5.74, 6) is 2.02. The van der Waals surface area contributed by atoms with E-state index in [0.29, 0.717) is 33.5 Å². The van der Waals surface area contributed by atoms with Crippen molar-refractivity contribution < 1.29 is 9.47 Å². The average Bonchev–Trinajstić information content (AvgIpc) is 2.48. The van der Waals surface area contributed by atoms with Crippen LogP contribution in [0.25, 0.3) is 0 Å². The molecule has 0 radical (unpaired) electrons. The Hall–Kier alpha value is -1.53. The lowest BCUT2D eigenvalue weighted by atomic mass is 10.2. The van der Waals surface area contributed by atoms with Crippen LogP contribution >= 0.6 is 27.5 Å². The number of nitrogens with one attached hydrogen (secondary N) is 1. The molecule has 0 fully saturated rings. The molecule has 0 saturated carbocycles. The van der Waals surface area contributed by atoms with Gasteiger partial charge in [0.1, 0.15) is 17.3 Å². The smallest absolute Gasteiger partial charge is 0.161 e. The van der Waals surface area contributed by atoms with Gasteiger partial charge in [-0.2, -0.15) is 0 Å². The second-order valence-electron chi connectivity index (χ2n) is 3.87. The Balaban J connectivity index is 2.13. The summed E-state index contributed by atoms with van der Waals surface area (Å²) >= 11 is 9.25. The van der Waals surface area contributed by atoms with Crippen molar-refractivity contribution in [3.05, 3.63) is 39.7 Å². The van der Waals surface area contributed by atoms with Crippen LogP contribution in [0.15, 0.2) is 29.0 Å². The number of methoxy groups -OCH3 is 2. The highest BCUT2D eigenvalue weighted by Crippen LogP contribution is 2.29. The van der Waals surface area contributed by atoms with Crippen molar-refractivity contribution in [1.29, 1.82) is 0 Å². The molecule has 0 unspecified atom stereocenters. The van der Waals surface area contributed by atoms with Gasteiger partial charge in [0, 0.05) is 6.54 Å². The third kappa shape index (κ3) is 3.32. The maximum atomic E-state index is 5.91. The van der Waals surface area contributed by atoms with Crippen molar-refractivity contribution in [2.24, 2.45) is 0 Å². The van der Waals surface area contributed by atoms with Crippen LogP contribution in [0, 0.1) is 0 Å². The van der Waals surface area contributed by atoms with Gasteiger partial charge in [-0.05, 0) is 33.6 Å². The van der Waals surface area contributed by atoms with Gasteiger partial charge in [-0.3, -0.25) is 0 Å². The fourth-order valence-electron chi connectivity index (χ4n) is 1.65. The third-order valence-corrected chi connectivity index (χ3v) is 3.92. The summed E-state index contributed by atoms with van der Waals surface area (Å²) in [6, 6.07) is 5.71. The molecular weight excluding hydrogens is 346 g/mol. The number of anilines is 1. The normalized spacial score (nSPS) is 10.2. The zero-order chi connectivity index (χ0) is 14.5. The average molecular weight is 359 g/mol. The first-order chi connectivity index (χ1) is 9.65. The van der Waals surface area contributed by atoms with Crippen LogP contribution in [-0.4, -0.2) is 24.2 Å². The first kappa shape index (κ1) is 14.9. The van der Waals surface area contributed by atoms with E-state index in [0.717, 1.165) is 5.56 Å². The Morgan fingerprint density at radius 3 is 2.65 bits per heavy atom. The van der Waals surface area contributed by atoms with Crippen LogP contribution in [0.1, 0.15) is 5.56 Å². The fraction of sp³-hybridized carbons (Fsp3) is 0.231. The third-order valence-electron chi connectivity index (χ3n) is 2.65. The maximum absolute atomic E-state index is 5.91. The molecule has 1 N–H and O–H groups in total. The van der Waals surface area contributed by atoms with Crippen molar-refractivity contribution in [3.8, 4) is 11.5 Å². The van der Waals surface area contributed by atoms with E-state index < -0.39 is 0 Å². The van der Waals surface area contributed by atoms with Gasteiger partial charge in [0.05, 0.1) is 18.7 Å². The van der Waals surface area contributed by atoms with Crippen LogP contribution in [0.5, 0.6) is 11.5 Å². The van der Waals surface area contributed by atoms with Gasteiger partial charge in [0.15, 0.2) is 11.5 Å². The maximum Gasteiger partial charge on any atom is 0.161 e. The highest BCUT2D eigenvalue weighted by molar-refractivity contribution is 9.10. The van der Waals surface area contributed by atoms with Gasteiger partial charge in [-0.15, -0.1) is 0 Å². The zero-order valence-electron chi connectivity index (χ0n) is 11.0. The van der Waals surface area contributed by atoms with Crippen molar-refractivity contribution >= 4 is 33.3 Å². The highest BCUT2D eigenvalue weighted by atomic mass is 79.9. The molecule has 0 bridgehead atoms. The molecule has 0 aliphatic carbocycles. The fourth-order valence-corrected chi connectivity index (χ4v) is 2.13. The number of hydrogen-bond acceptors (Lipinski definition) is 5. The topological polar surface area (TPSA) is 56.3 Å². The minimum absolute atomic E-state index is 0.370. The minimum Gasteiger partial charge on any atom is -0.493 e. The lowest BCUT2D eigenvalue weighted by Gasteiger charge is -2.11. The van der Waals surface area contributed by atoms with Gasteiger partial charge < -0.3 is 14.8 Å². The standard InChI is InChI=1S/C13H13BrClN3O2/c1-19-9-4-3-8(5-10(9)20-2)6-16-13-11(14)12(15)17-7-18-13/h3-5,7H,6H2,1-2H3,(H,16,17,18). The number of hydrogen-bond donors (Lipinski definition) is 1. The van der Waals surface area contributed by atoms with Gasteiger partial charge in [0.25, 0.3) is 0 Å². The van der Waals surface area contributed by atoms with E-state index in [-0.39, 0.29) is 0 Å². The number of aromatic nitrogens is 2. The summed E-state index contributed by atoms with van der Waals surface area (Å²) in [4.78, 5) is 8.00. The van der Waals surface area contributed by atoms with E-state index in [1.807, 2.05) is 18.2 Å². The molecule has 0 aliphatic rings. The lowest BCUT2D eigenvalue weighted by molar-refractivity contribution is 0.354. The van der Waals surface area contributed by atoms with Crippen molar-refractivity contribution in [3.63, 3.8) is 0 Å². The van der Waals surface area contributed by atoms with Crippen molar-refractivity contribution in [1.82, 2.24) is 9.97 Å². The van der Waals surface area contributed by atoms with Crippen molar-refractivity contribution in [2.75, 3.05) is 19.5 Å². The van der Waals surface area contributed by atoms with Gasteiger partial charge in [0.2, 0.25) is 0 Å². The largest absolute Gasteiger partial charge is 0.493 e. The summed E-state index contributed by atoms with van der Waals surface area (Å²) in [6.45, 7) is 0.576. The second-order valence-corrected chi connectivity index (χ2v) is 5.02. The van der Waals surface area contributed by atoms with Crippen LogP contribution in [0.3, 0.4) is 0 Å². The van der Waals surface area contributed by atoms with Crippen LogP contribution in [-0.2, 0) is 6.54 Å². The Morgan fingerprint density at radius 1 is 1.20 bits per heavy atom.